The van der Waals surface area contributed by atoms with Crippen molar-refractivity contribution in [1.82, 2.24) is 0 Å². The summed E-state index contributed by atoms with van der Waals surface area (Å²) in [5.41, 5.74) is 1.81. The Labute approximate surface area is 136 Å². The van der Waals surface area contributed by atoms with Crippen molar-refractivity contribution in [2.75, 3.05) is 5.75 Å². The molecule has 0 aromatic heterocycles. The first-order chi connectivity index (χ1) is 10.1. The third-order valence-electron chi connectivity index (χ3n) is 3.15. The van der Waals surface area contributed by atoms with Crippen LogP contribution in [0.1, 0.15) is 28.8 Å². The van der Waals surface area contributed by atoms with E-state index in [1.54, 1.807) is 0 Å². The van der Waals surface area contributed by atoms with Crippen molar-refractivity contribution >= 4 is 32.5 Å². The molecule has 2 aromatic carbocycles. The Morgan fingerprint density at radius 3 is 2.52 bits per heavy atom. The van der Waals surface area contributed by atoms with Crippen molar-refractivity contribution in [2.45, 2.75) is 24.7 Å². The highest BCUT2D eigenvalue weighted by atomic mass is 79.9. The second kappa shape index (κ2) is 7.66. The first-order valence-electron chi connectivity index (χ1n) is 6.80. The van der Waals surface area contributed by atoms with Crippen molar-refractivity contribution in [3.63, 3.8) is 0 Å². The van der Waals surface area contributed by atoms with Gasteiger partial charge >= 0.3 is 0 Å². The summed E-state index contributed by atoms with van der Waals surface area (Å²) in [7, 11) is -1.03. The fourth-order valence-corrected chi connectivity index (χ4v) is 3.47. The van der Waals surface area contributed by atoms with Crippen molar-refractivity contribution in [2.24, 2.45) is 0 Å². The lowest BCUT2D eigenvalue weighted by molar-refractivity contribution is 0.0982. The minimum Gasteiger partial charge on any atom is -0.294 e. The summed E-state index contributed by atoms with van der Waals surface area (Å²) in [4.78, 5) is 12.9. The molecule has 0 saturated carbocycles. The van der Waals surface area contributed by atoms with Crippen LogP contribution in [-0.4, -0.2) is 15.7 Å². The monoisotopic (exact) mass is 364 g/mol. The van der Waals surface area contributed by atoms with E-state index >= 15 is 0 Å². The van der Waals surface area contributed by atoms with Crippen LogP contribution in [0.15, 0.2) is 57.9 Å². The largest absolute Gasteiger partial charge is 0.294 e. The van der Waals surface area contributed by atoms with Crippen LogP contribution in [-0.2, 0) is 10.8 Å². The zero-order valence-electron chi connectivity index (χ0n) is 11.8. The van der Waals surface area contributed by atoms with Gasteiger partial charge in [0.25, 0.3) is 0 Å². The van der Waals surface area contributed by atoms with Gasteiger partial charge in [0.1, 0.15) is 0 Å². The molecule has 2 aromatic rings. The molecule has 2 nitrogen and oxygen atoms in total. The molecule has 4 heteroatoms. The second-order valence-electron chi connectivity index (χ2n) is 4.90. The van der Waals surface area contributed by atoms with Crippen LogP contribution in [0.25, 0.3) is 0 Å². The highest BCUT2D eigenvalue weighted by Gasteiger charge is 2.08. The number of ketones is 1. The maximum Gasteiger partial charge on any atom is 0.162 e. The van der Waals surface area contributed by atoms with E-state index in [0.29, 0.717) is 24.2 Å². The molecule has 0 fully saturated rings. The summed E-state index contributed by atoms with van der Waals surface area (Å²) in [6, 6.07) is 15.0. The van der Waals surface area contributed by atoms with Gasteiger partial charge in [0.2, 0.25) is 0 Å². The molecule has 0 saturated heterocycles. The number of hydrogen-bond acceptors (Lipinski definition) is 2. The Balaban J connectivity index is 1.85. The summed E-state index contributed by atoms with van der Waals surface area (Å²) in [6.45, 7) is 1.98. The molecule has 2 rings (SSSR count). The molecule has 0 heterocycles. The van der Waals surface area contributed by atoms with Gasteiger partial charge in [-0.15, -0.1) is 0 Å². The molecular weight excluding hydrogens is 348 g/mol. The van der Waals surface area contributed by atoms with Crippen LogP contribution in [0.3, 0.4) is 0 Å². The molecule has 0 bridgehead atoms. The van der Waals surface area contributed by atoms with Gasteiger partial charge in [-0.1, -0.05) is 40.2 Å². The van der Waals surface area contributed by atoms with E-state index in [2.05, 4.69) is 15.9 Å². The maximum absolute atomic E-state index is 12.2. The van der Waals surface area contributed by atoms with Gasteiger partial charge in [0.15, 0.2) is 5.78 Å². The van der Waals surface area contributed by atoms with E-state index in [0.717, 1.165) is 14.9 Å². The average molecular weight is 365 g/mol. The molecule has 0 spiro atoms. The summed E-state index contributed by atoms with van der Waals surface area (Å²) in [5.74, 6) is 0.620. The van der Waals surface area contributed by atoms with Gasteiger partial charge in [0.05, 0.1) is 10.8 Å². The minimum absolute atomic E-state index is 0.101. The number of Topliss-reactive ketones (excluding diaryl/α,β-unsaturated/α-hetero) is 1. The highest BCUT2D eigenvalue weighted by molar-refractivity contribution is 9.10. The molecule has 0 amide bonds. The van der Waals surface area contributed by atoms with Crippen LogP contribution >= 0.6 is 15.9 Å². The predicted molar refractivity (Wildman–Crippen MR) is 90.2 cm³/mol. The van der Waals surface area contributed by atoms with E-state index < -0.39 is 10.8 Å². The van der Waals surface area contributed by atoms with Crippen LogP contribution in [0.5, 0.6) is 0 Å². The van der Waals surface area contributed by atoms with Gasteiger partial charge in [0, 0.05) is 27.1 Å². The van der Waals surface area contributed by atoms with Crippen LogP contribution < -0.4 is 0 Å². The quantitative estimate of drug-likeness (QED) is 0.705. The lowest BCUT2D eigenvalue weighted by Crippen LogP contribution is -2.04. The van der Waals surface area contributed by atoms with Crippen molar-refractivity contribution in [1.29, 1.82) is 0 Å². The standard InChI is InChI=1S/C17H17BrO2S/c1-13-4-2-5-16(12-13)21(20)11-3-6-17(19)14-7-9-15(18)10-8-14/h2,4-5,7-10,12H,3,6,11H2,1H3. The number of halogens is 1. The summed E-state index contributed by atoms with van der Waals surface area (Å²) in [6.07, 6.45) is 1.06. The third-order valence-corrected chi connectivity index (χ3v) is 5.12. The zero-order chi connectivity index (χ0) is 15.2. The molecule has 0 radical (unpaired) electrons. The third kappa shape index (κ3) is 4.90. The topological polar surface area (TPSA) is 34.1 Å². The van der Waals surface area contributed by atoms with Crippen LogP contribution in [0, 0.1) is 6.92 Å². The smallest absolute Gasteiger partial charge is 0.162 e. The molecular formula is C17H17BrO2S. The fraction of sp³-hybridized carbons (Fsp3) is 0.235. The second-order valence-corrected chi connectivity index (χ2v) is 7.39. The van der Waals surface area contributed by atoms with Crippen LogP contribution in [0.4, 0.5) is 0 Å². The Morgan fingerprint density at radius 1 is 1.14 bits per heavy atom. The first-order valence-corrected chi connectivity index (χ1v) is 8.91. The van der Waals surface area contributed by atoms with Gasteiger partial charge in [-0.2, -0.15) is 0 Å². The molecule has 110 valence electrons. The number of carbonyl (C=O) groups is 1. The SMILES string of the molecule is Cc1cccc(S(=O)CCCC(=O)c2ccc(Br)cc2)c1. The van der Waals surface area contributed by atoms with Gasteiger partial charge in [-0.25, -0.2) is 0 Å². The Bertz CT molecular complexity index is 650. The Hall–Kier alpha value is -1.26. The molecule has 0 aliphatic rings. The molecule has 1 unspecified atom stereocenters. The molecule has 1 atom stereocenters. The zero-order valence-corrected chi connectivity index (χ0v) is 14.2. The number of carbonyl (C=O) groups excluding carboxylic acids is 1. The molecule has 0 aliphatic heterocycles. The lowest BCUT2D eigenvalue weighted by atomic mass is 10.1. The first kappa shape index (κ1) is 16.1. The van der Waals surface area contributed by atoms with Gasteiger partial charge in [-0.05, 0) is 43.2 Å². The Morgan fingerprint density at radius 2 is 1.86 bits per heavy atom. The van der Waals surface area contributed by atoms with Gasteiger partial charge < -0.3 is 0 Å². The minimum atomic E-state index is -1.03. The number of benzene rings is 2. The van der Waals surface area contributed by atoms with Gasteiger partial charge in [-0.3, -0.25) is 9.00 Å². The summed E-state index contributed by atoms with van der Waals surface area (Å²) < 4.78 is 13.1. The fourth-order valence-electron chi connectivity index (χ4n) is 2.02. The van der Waals surface area contributed by atoms with Crippen molar-refractivity contribution in [3.8, 4) is 0 Å². The Kier molecular flexibility index (Phi) is 5.88. The van der Waals surface area contributed by atoms with Crippen LogP contribution in [0.2, 0.25) is 0 Å². The van der Waals surface area contributed by atoms with E-state index in [1.165, 1.54) is 0 Å². The van der Waals surface area contributed by atoms with E-state index in [-0.39, 0.29) is 5.78 Å². The summed E-state index contributed by atoms with van der Waals surface area (Å²) in [5, 5.41) is 0. The predicted octanol–water partition coefficient (Wildman–Crippen LogP) is 4.53. The van der Waals surface area contributed by atoms with Crippen molar-refractivity contribution < 1.29 is 9.00 Å². The molecule has 21 heavy (non-hydrogen) atoms. The number of rotatable bonds is 6. The normalized spacial score (nSPS) is 12.1. The molecule has 0 aliphatic carbocycles. The summed E-state index contributed by atoms with van der Waals surface area (Å²) >= 11 is 3.35. The molecule has 0 N–H and O–H groups in total. The number of hydrogen-bond donors (Lipinski definition) is 0. The average Bonchev–Trinajstić information content (AvgIpc) is 2.47. The highest BCUT2D eigenvalue weighted by Crippen LogP contribution is 2.14. The van der Waals surface area contributed by atoms with E-state index in [9.17, 15) is 9.00 Å². The maximum atomic E-state index is 12.2. The number of aryl methyl sites for hydroxylation is 1. The van der Waals surface area contributed by atoms with E-state index in [1.807, 2.05) is 55.5 Å². The van der Waals surface area contributed by atoms with E-state index in [4.69, 9.17) is 0 Å². The lowest BCUT2D eigenvalue weighted by Gasteiger charge is -2.04. The van der Waals surface area contributed by atoms with Crippen molar-refractivity contribution in [3.05, 3.63) is 64.1 Å².